The molecule has 0 aliphatic rings. The van der Waals surface area contributed by atoms with Crippen molar-refractivity contribution < 1.29 is 14.7 Å². The molecule has 0 atom stereocenters. The lowest BCUT2D eigenvalue weighted by Crippen LogP contribution is -2.21. The fourth-order valence-electron chi connectivity index (χ4n) is 1.75. The summed E-state index contributed by atoms with van der Waals surface area (Å²) in [4.78, 5) is 22.3. The largest absolute Gasteiger partial charge is 0.478 e. The van der Waals surface area contributed by atoms with Gasteiger partial charge in [0.25, 0.3) is 0 Å². The summed E-state index contributed by atoms with van der Waals surface area (Å²) in [5, 5.41) is 11.4. The summed E-state index contributed by atoms with van der Waals surface area (Å²) in [5.41, 5.74) is 1.51. The van der Waals surface area contributed by atoms with Crippen molar-refractivity contribution in [2.24, 2.45) is 5.92 Å². The van der Waals surface area contributed by atoms with Gasteiger partial charge in [0.2, 0.25) is 5.91 Å². The zero-order chi connectivity index (χ0) is 14.3. The summed E-state index contributed by atoms with van der Waals surface area (Å²) in [6.07, 6.45) is 4.23. The van der Waals surface area contributed by atoms with Crippen LogP contribution in [0.1, 0.15) is 32.3 Å². The van der Waals surface area contributed by atoms with E-state index in [1.54, 1.807) is 24.3 Å². The number of benzene rings is 1. The van der Waals surface area contributed by atoms with Crippen molar-refractivity contribution in [2.45, 2.75) is 26.7 Å². The number of aliphatic carboxylic acids is 1. The lowest BCUT2D eigenvalue weighted by atomic mass is 10.0. The van der Waals surface area contributed by atoms with Gasteiger partial charge in [0.15, 0.2) is 0 Å². The Morgan fingerprint density at radius 3 is 2.26 bits per heavy atom. The van der Waals surface area contributed by atoms with Gasteiger partial charge < -0.3 is 10.4 Å². The Morgan fingerprint density at radius 2 is 1.79 bits per heavy atom. The molecular weight excluding hydrogens is 242 g/mol. The predicted octanol–water partition coefficient (Wildman–Crippen LogP) is 3.16. The number of hydrogen-bond acceptors (Lipinski definition) is 2. The maximum atomic E-state index is 11.9. The molecule has 2 N–H and O–H groups in total. The molecule has 19 heavy (non-hydrogen) atoms. The number of amides is 1. The Balaban J connectivity index is 2.66. The Kier molecular flexibility index (Phi) is 5.79. The van der Waals surface area contributed by atoms with Crippen molar-refractivity contribution in [1.29, 1.82) is 0 Å². The van der Waals surface area contributed by atoms with Crippen LogP contribution in [0.25, 0.3) is 6.08 Å². The van der Waals surface area contributed by atoms with Crippen LogP contribution >= 0.6 is 0 Å². The number of hydrogen-bond donors (Lipinski definition) is 2. The Bertz CT molecular complexity index is 459. The third kappa shape index (κ3) is 4.95. The van der Waals surface area contributed by atoms with E-state index in [1.807, 2.05) is 13.8 Å². The number of carbonyl (C=O) groups excluding carboxylic acids is 1. The van der Waals surface area contributed by atoms with Crippen molar-refractivity contribution in [3.63, 3.8) is 0 Å². The molecule has 0 aliphatic heterocycles. The van der Waals surface area contributed by atoms with E-state index < -0.39 is 5.97 Å². The maximum Gasteiger partial charge on any atom is 0.328 e. The third-order valence-corrected chi connectivity index (χ3v) is 2.95. The minimum absolute atomic E-state index is 0.0267. The number of anilines is 1. The highest BCUT2D eigenvalue weighted by atomic mass is 16.4. The molecule has 0 unspecified atom stereocenters. The molecule has 1 aromatic carbocycles. The normalized spacial score (nSPS) is 10.9. The lowest BCUT2D eigenvalue weighted by molar-refractivity contribution is -0.131. The average Bonchev–Trinajstić information content (AvgIpc) is 2.39. The summed E-state index contributed by atoms with van der Waals surface area (Å²) in [6.45, 7) is 3.99. The molecule has 0 saturated heterocycles. The molecule has 0 aromatic heterocycles. The monoisotopic (exact) mass is 261 g/mol. The van der Waals surface area contributed by atoms with Gasteiger partial charge in [-0.05, 0) is 36.6 Å². The summed E-state index contributed by atoms with van der Waals surface area (Å²) >= 11 is 0. The van der Waals surface area contributed by atoms with Gasteiger partial charge in [-0.3, -0.25) is 4.79 Å². The van der Waals surface area contributed by atoms with Crippen LogP contribution in [-0.4, -0.2) is 17.0 Å². The van der Waals surface area contributed by atoms with Crippen LogP contribution in [0, 0.1) is 5.92 Å². The van der Waals surface area contributed by atoms with E-state index in [1.165, 1.54) is 6.08 Å². The van der Waals surface area contributed by atoms with Gasteiger partial charge in [0, 0.05) is 17.7 Å². The molecule has 4 nitrogen and oxygen atoms in total. The van der Waals surface area contributed by atoms with E-state index in [4.69, 9.17) is 5.11 Å². The van der Waals surface area contributed by atoms with Crippen LogP contribution < -0.4 is 5.32 Å². The van der Waals surface area contributed by atoms with Crippen LogP contribution in [0.4, 0.5) is 5.69 Å². The summed E-state index contributed by atoms with van der Waals surface area (Å²) in [6, 6.07) is 7.06. The van der Waals surface area contributed by atoms with E-state index in [0.717, 1.165) is 30.2 Å². The van der Waals surface area contributed by atoms with Gasteiger partial charge in [-0.25, -0.2) is 4.79 Å². The molecule has 0 radical (unpaired) electrons. The number of nitrogens with one attached hydrogen (secondary N) is 1. The first kappa shape index (κ1) is 15.0. The van der Waals surface area contributed by atoms with E-state index in [-0.39, 0.29) is 11.8 Å². The predicted molar refractivity (Wildman–Crippen MR) is 75.8 cm³/mol. The van der Waals surface area contributed by atoms with Gasteiger partial charge >= 0.3 is 5.97 Å². The number of rotatable bonds is 6. The van der Waals surface area contributed by atoms with Gasteiger partial charge in [0.1, 0.15) is 0 Å². The van der Waals surface area contributed by atoms with Crippen molar-refractivity contribution >= 4 is 23.6 Å². The van der Waals surface area contributed by atoms with Crippen molar-refractivity contribution in [3.05, 3.63) is 35.9 Å². The van der Waals surface area contributed by atoms with E-state index >= 15 is 0 Å². The van der Waals surface area contributed by atoms with E-state index in [2.05, 4.69) is 5.32 Å². The van der Waals surface area contributed by atoms with Crippen LogP contribution in [-0.2, 0) is 9.59 Å². The highest BCUT2D eigenvalue weighted by molar-refractivity contribution is 5.92. The van der Waals surface area contributed by atoms with E-state index in [9.17, 15) is 9.59 Å². The molecular formula is C15H19NO3. The van der Waals surface area contributed by atoms with Gasteiger partial charge in [-0.15, -0.1) is 0 Å². The zero-order valence-corrected chi connectivity index (χ0v) is 11.2. The molecule has 102 valence electrons. The van der Waals surface area contributed by atoms with Crippen LogP contribution in [0.3, 0.4) is 0 Å². The van der Waals surface area contributed by atoms with Gasteiger partial charge in [-0.1, -0.05) is 26.0 Å². The standard InChI is InChI=1S/C15H19NO3/c1-3-12(4-2)15(19)16-13-8-5-11(6-9-13)7-10-14(17)18/h5-10,12H,3-4H2,1-2H3,(H,16,19)(H,17,18)/b10-7+. The first-order valence-electron chi connectivity index (χ1n) is 6.38. The van der Waals surface area contributed by atoms with Crippen LogP contribution in [0.2, 0.25) is 0 Å². The molecule has 1 rings (SSSR count). The maximum absolute atomic E-state index is 11.9. The smallest absolute Gasteiger partial charge is 0.328 e. The van der Waals surface area contributed by atoms with Crippen molar-refractivity contribution in [3.8, 4) is 0 Å². The molecule has 0 aliphatic carbocycles. The zero-order valence-electron chi connectivity index (χ0n) is 11.2. The second kappa shape index (κ2) is 7.36. The van der Waals surface area contributed by atoms with Gasteiger partial charge in [0.05, 0.1) is 0 Å². The Hall–Kier alpha value is -2.10. The van der Waals surface area contributed by atoms with Gasteiger partial charge in [-0.2, -0.15) is 0 Å². The number of carboxylic acid groups (broad SMARTS) is 1. The summed E-state index contributed by atoms with van der Waals surface area (Å²) in [5.74, 6) is -0.920. The topological polar surface area (TPSA) is 66.4 Å². The fraction of sp³-hybridized carbons (Fsp3) is 0.333. The summed E-state index contributed by atoms with van der Waals surface area (Å²) < 4.78 is 0. The molecule has 1 amide bonds. The highest BCUT2D eigenvalue weighted by Gasteiger charge is 2.13. The Labute approximate surface area is 113 Å². The van der Waals surface area contributed by atoms with Crippen LogP contribution in [0.15, 0.2) is 30.3 Å². The lowest BCUT2D eigenvalue weighted by Gasteiger charge is -2.12. The van der Waals surface area contributed by atoms with Crippen LogP contribution in [0.5, 0.6) is 0 Å². The molecule has 1 aromatic rings. The molecule has 0 spiro atoms. The quantitative estimate of drug-likeness (QED) is 0.773. The SMILES string of the molecule is CCC(CC)C(=O)Nc1ccc(/C=C/C(=O)O)cc1. The van der Waals surface area contributed by atoms with Crippen molar-refractivity contribution in [1.82, 2.24) is 0 Å². The molecule has 0 heterocycles. The summed E-state index contributed by atoms with van der Waals surface area (Å²) in [7, 11) is 0. The number of carboxylic acids is 1. The molecule has 4 heteroatoms. The Morgan fingerprint density at radius 1 is 1.21 bits per heavy atom. The minimum atomic E-state index is -0.980. The minimum Gasteiger partial charge on any atom is -0.478 e. The first-order valence-corrected chi connectivity index (χ1v) is 6.38. The van der Waals surface area contributed by atoms with Crippen molar-refractivity contribution in [2.75, 3.05) is 5.32 Å². The molecule has 0 bridgehead atoms. The molecule has 0 saturated carbocycles. The number of carbonyl (C=O) groups is 2. The first-order chi connectivity index (χ1) is 9.06. The fourth-order valence-corrected chi connectivity index (χ4v) is 1.75. The van der Waals surface area contributed by atoms with E-state index in [0.29, 0.717) is 0 Å². The average molecular weight is 261 g/mol. The second-order valence-electron chi connectivity index (χ2n) is 4.30. The third-order valence-electron chi connectivity index (χ3n) is 2.95. The molecule has 0 fully saturated rings. The second-order valence-corrected chi connectivity index (χ2v) is 4.30. The highest BCUT2D eigenvalue weighted by Crippen LogP contribution is 2.14.